The highest BCUT2D eigenvalue weighted by molar-refractivity contribution is 7.92. The molecule has 0 fully saturated rings. The molecule has 0 aliphatic heterocycles. The smallest absolute Gasteiger partial charge is 0.263 e. The number of rotatable bonds is 3. The van der Waals surface area contributed by atoms with Gasteiger partial charge in [0.1, 0.15) is 11.5 Å². The van der Waals surface area contributed by atoms with Gasteiger partial charge in [-0.15, -0.1) is 0 Å². The predicted molar refractivity (Wildman–Crippen MR) is 77.0 cm³/mol. The second-order valence-electron chi connectivity index (χ2n) is 4.28. The number of anilines is 1. The Bertz CT molecular complexity index is 815. The van der Waals surface area contributed by atoms with Crippen LogP contribution < -0.4 is 4.72 Å². The molecule has 0 aliphatic rings. The van der Waals surface area contributed by atoms with Gasteiger partial charge in [0.05, 0.1) is 11.4 Å². The second-order valence-corrected chi connectivity index (χ2v) is 5.96. The molecule has 8 heteroatoms. The third-order valence-electron chi connectivity index (χ3n) is 2.59. The average Bonchev–Trinajstić information content (AvgIpc) is 2.74. The summed E-state index contributed by atoms with van der Waals surface area (Å²) in [4.78, 5) is 3.84. The molecule has 0 aliphatic carbocycles. The van der Waals surface area contributed by atoms with Gasteiger partial charge >= 0.3 is 0 Å². The van der Waals surface area contributed by atoms with Crippen LogP contribution in [0.2, 0.25) is 0 Å². The summed E-state index contributed by atoms with van der Waals surface area (Å²) in [5.74, 6) is 5.06. The van der Waals surface area contributed by atoms with E-state index < -0.39 is 10.0 Å². The van der Waals surface area contributed by atoms with Gasteiger partial charge in [0.2, 0.25) is 0 Å². The van der Waals surface area contributed by atoms with Crippen LogP contribution in [0.25, 0.3) is 0 Å². The van der Waals surface area contributed by atoms with Crippen molar-refractivity contribution in [1.82, 2.24) is 14.8 Å². The summed E-state index contributed by atoms with van der Waals surface area (Å²) >= 11 is 0. The fourth-order valence-electron chi connectivity index (χ4n) is 1.68. The third kappa shape index (κ3) is 3.59. The molecule has 0 bridgehead atoms. The van der Waals surface area contributed by atoms with E-state index in [1.165, 1.54) is 23.1 Å². The molecule has 2 heterocycles. The molecule has 0 atom stereocenters. The van der Waals surface area contributed by atoms with Crippen molar-refractivity contribution in [3.8, 4) is 11.8 Å². The monoisotopic (exact) mass is 306 g/mol. The van der Waals surface area contributed by atoms with E-state index in [2.05, 4.69) is 26.6 Å². The van der Waals surface area contributed by atoms with E-state index in [0.29, 0.717) is 16.9 Å². The van der Waals surface area contributed by atoms with Crippen LogP contribution in [0.15, 0.2) is 29.6 Å². The Kier molecular flexibility index (Phi) is 4.26. The van der Waals surface area contributed by atoms with Gasteiger partial charge in [0.25, 0.3) is 10.0 Å². The molecule has 2 aromatic heterocycles. The van der Waals surface area contributed by atoms with E-state index in [4.69, 9.17) is 5.11 Å². The zero-order valence-electron chi connectivity index (χ0n) is 11.5. The Morgan fingerprint density at radius 1 is 1.43 bits per heavy atom. The fourth-order valence-corrected chi connectivity index (χ4v) is 2.77. The van der Waals surface area contributed by atoms with E-state index >= 15 is 0 Å². The molecule has 2 rings (SSSR count). The van der Waals surface area contributed by atoms with Crippen molar-refractivity contribution in [2.24, 2.45) is 7.05 Å². The number of hydrogen-bond acceptors (Lipinski definition) is 5. The summed E-state index contributed by atoms with van der Waals surface area (Å²) in [6.07, 6.45) is 4.24. The Morgan fingerprint density at radius 3 is 2.81 bits per heavy atom. The lowest BCUT2D eigenvalue weighted by Crippen LogP contribution is -2.13. The molecule has 2 aromatic rings. The SMILES string of the molecule is Cc1nn(C)cc1NS(=O)(=O)c1cncc(C#CCO)c1. The Hall–Kier alpha value is -2.37. The number of nitrogens with one attached hydrogen (secondary N) is 1. The number of aliphatic hydroxyl groups is 1. The minimum atomic E-state index is -3.77. The van der Waals surface area contributed by atoms with Gasteiger partial charge in [-0.25, -0.2) is 8.42 Å². The summed E-state index contributed by atoms with van der Waals surface area (Å²) in [6, 6.07) is 1.39. The van der Waals surface area contributed by atoms with E-state index in [-0.39, 0.29) is 11.5 Å². The van der Waals surface area contributed by atoms with Crippen molar-refractivity contribution in [1.29, 1.82) is 0 Å². The van der Waals surface area contributed by atoms with Crippen LogP contribution in [0.5, 0.6) is 0 Å². The first-order chi connectivity index (χ1) is 9.92. The summed E-state index contributed by atoms with van der Waals surface area (Å²) in [5.41, 5.74) is 1.39. The maximum atomic E-state index is 12.3. The second kappa shape index (κ2) is 5.95. The highest BCUT2D eigenvalue weighted by atomic mass is 32.2. The number of nitrogens with zero attached hydrogens (tertiary/aromatic N) is 3. The molecule has 0 spiro atoms. The number of sulfonamides is 1. The van der Waals surface area contributed by atoms with Crippen LogP contribution in [0.3, 0.4) is 0 Å². The summed E-state index contributed by atoms with van der Waals surface area (Å²) < 4.78 is 28.6. The first-order valence-electron chi connectivity index (χ1n) is 6.00. The lowest BCUT2D eigenvalue weighted by molar-refractivity contribution is 0.350. The van der Waals surface area contributed by atoms with Crippen molar-refractivity contribution in [3.63, 3.8) is 0 Å². The molecule has 2 N–H and O–H groups in total. The van der Waals surface area contributed by atoms with Crippen LogP contribution in [-0.4, -0.2) is 34.9 Å². The lowest BCUT2D eigenvalue weighted by atomic mass is 10.3. The minimum Gasteiger partial charge on any atom is -0.384 e. The van der Waals surface area contributed by atoms with Gasteiger partial charge in [-0.3, -0.25) is 14.4 Å². The highest BCUT2D eigenvalue weighted by Crippen LogP contribution is 2.18. The Labute approximate surface area is 122 Å². The molecule has 0 aromatic carbocycles. The molecule has 21 heavy (non-hydrogen) atoms. The van der Waals surface area contributed by atoms with Gasteiger partial charge in [0.15, 0.2) is 0 Å². The third-order valence-corrected chi connectivity index (χ3v) is 3.93. The Morgan fingerprint density at radius 2 is 2.19 bits per heavy atom. The van der Waals surface area contributed by atoms with Crippen LogP contribution in [0, 0.1) is 18.8 Å². The van der Waals surface area contributed by atoms with Crippen molar-refractivity contribution in [2.45, 2.75) is 11.8 Å². The van der Waals surface area contributed by atoms with Crippen LogP contribution in [-0.2, 0) is 17.1 Å². The first kappa shape index (κ1) is 15.0. The van der Waals surface area contributed by atoms with E-state index in [1.807, 2.05) is 0 Å². The van der Waals surface area contributed by atoms with Crippen molar-refractivity contribution < 1.29 is 13.5 Å². The number of aryl methyl sites for hydroxylation is 2. The fraction of sp³-hybridized carbons (Fsp3) is 0.231. The van der Waals surface area contributed by atoms with Gasteiger partial charge < -0.3 is 5.11 Å². The molecule has 0 unspecified atom stereocenters. The van der Waals surface area contributed by atoms with Crippen LogP contribution in [0.4, 0.5) is 5.69 Å². The first-order valence-corrected chi connectivity index (χ1v) is 7.48. The lowest BCUT2D eigenvalue weighted by Gasteiger charge is -2.06. The van der Waals surface area contributed by atoms with E-state index in [9.17, 15) is 8.42 Å². The van der Waals surface area contributed by atoms with Crippen molar-refractivity contribution >= 4 is 15.7 Å². The zero-order valence-corrected chi connectivity index (χ0v) is 12.3. The predicted octanol–water partition coefficient (Wildman–Crippen LogP) is 0.268. The van der Waals surface area contributed by atoms with Gasteiger partial charge in [-0.1, -0.05) is 11.8 Å². The largest absolute Gasteiger partial charge is 0.384 e. The van der Waals surface area contributed by atoms with Gasteiger partial charge in [0, 0.05) is 31.2 Å². The molecule has 0 radical (unpaired) electrons. The highest BCUT2D eigenvalue weighted by Gasteiger charge is 2.17. The molecular formula is C13H14N4O3S. The molecule has 0 saturated carbocycles. The molecular weight excluding hydrogens is 292 g/mol. The molecule has 0 saturated heterocycles. The minimum absolute atomic E-state index is 0.00417. The maximum Gasteiger partial charge on any atom is 0.263 e. The maximum absolute atomic E-state index is 12.3. The summed E-state index contributed by atoms with van der Waals surface area (Å²) in [7, 11) is -2.06. The van der Waals surface area contributed by atoms with E-state index in [0.717, 1.165) is 0 Å². The number of pyridine rings is 1. The van der Waals surface area contributed by atoms with Crippen LogP contribution >= 0.6 is 0 Å². The quantitative estimate of drug-likeness (QED) is 0.793. The van der Waals surface area contributed by atoms with Crippen molar-refractivity contribution in [3.05, 3.63) is 35.9 Å². The van der Waals surface area contributed by atoms with E-state index in [1.54, 1.807) is 20.2 Å². The normalized spacial score (nSPS) is 10.8. The number of hydrogen-bond donors (Lipinski definition) is 2. The number of aromatic nitrogens is 3. The topological polar surface area (TPSA) is 97.1 Å². The van der Waals surface area contributed by atoms with Crippen molar-refractivity contribution in [2.75, 3.05) is 11.3 Å². The number of aliphatic hydroxyl groups excluding tert-OH is 1. The summed E-state index contributed by atoms with van der Waals surface area (Å²) in [6.45, 7) is 1.41. The zero-order chi connectivity index (χ0) is 15.5. The standard InChI is InChI=1S/C13H14N4O3S/c1-10-13(9-17(2)15-10)16-21(19,20)12-6-11(4-3-5-18)7-14-8-12/h6-9,16,18H,5H2,1-2H3. The Balaban J connectivity index is 2.33. The summed E-state index contributed by atoms with van der Waals surface area (Å²) in [5, 5.41) is 12.7. The molecule has 7 nitrogen and oxygen atoms in total. The van der Waals surface area contributed by atoms with Gasteiger partial charge in [-0.05, 0) is 13.0 Å². The van der Waals surface area contributed by atoms with Crippen LogP contribution in [0.1, 0.15) is 11.3 Å². The average molecular weight is 306 g/mol. The molecule has 110 valence electrons. The molecule has 0 amide bonds. The van der Waals surface area contributed by atoms with Gasteiger partial charge in [-0.2, -0.15) is 5.10 Å².